The predicted molar refractivity (Wildman–Crippen MR) is 115 cm³/mol. The molecule has 2 amide bonds. The molecule has 0 unspecified atom stereocenters. The zero-order chi connectivity index (χ0) is 21.7. The summed E-state index contributed by atoms with van der Waals surface area (Å²) in [4.78, 5) is 34.1. The van der Waals surface area contributed by atoms with Crippen LogP contribution in [0.3, 0.4) is 0 Å². The Labute approximate surface area is 183 Å². The number of imide groups is 1. The van der Waals surface area contributed by atoms with Crippen molar-refractivity contribution in [3.8, 4) is 0 Å². The van der Waals surface area contributed by atoms with Crippen molar-refractivity contribution in [1.82, 2.24) is 0 Å². The molecular weight excluding hydrogens is 419 g/mol. The number of rotatable bonds is 3. The maximum atomic E-state index is 13.6. The van der Waals surface area contributed by atoms with Crippen LogP contribution in [0.1, 0.15) is 17.2 Å². The molecule has 2 aliphatic heterocycles. The number of fused-ring (bicyclic) bond motifs is 1. The van der Waals surface area contributed by atoms with Crippen LogP contribution in [0.2, 0.25) is 5.02 Å². The third-order valence-electron chi connectivity index (χ3n) is 5.82. The van der Waals surface area contributed by atoms with Crippen LogP contribution in [0, 0.1) is 18.7 Å². The summed E-state index contributed by atoms with van der Waals surface area (Å²) in [6.07, 6.45) is -0.985. The number of benzene rings is 3. The molecule has 0 spiro atoms. The summed E-state index contributed by atoms with van der Waals surface area (Å²) in [6, 6.07) is 19.7. The normalized spacial score (nSPS) is 22.9. The van der Waals surface area contributed by atoms with Crippen LogP contribution < -0.4 is 9.96 Å². The van der Waals surface area contributed by atoms with Gasteiger partial charge >= 0.3 is 0 Å². The molecule has 0 aromatic heterocycles. The van der Waals surface area contributed by atoms with Crippen molar-refractivity contribution >= 4 is 34.8 Å². The van der Waals surface area contributed by atoms with Crippen molar-refractivity contribution in [2.24, 2.45) is 5.92 Å². The number of hydrogen-bond acceptors (Lipinski definition) is 4. The van der Waals surface area contributed by atoms with Gasteiger partial charge in [0, 0.05) is 5.02 Å². The van der Waals surface area contributed by atoms with E-state index in [2.05, 4.69) is 0 Å². The van der Waals surface area contributed by atoms with Crippen molar-refractivity contribution in [1.29, 1.82) is 0 Å². The van der Waals surface area contributed by atoms with Gasteiger partial charge in [0.25, 0.3) is 5.91 Å². The highest BCUT2D eigenvalue weighted by Gasteiger charge is 2.60. The molecule has 3 atom stereocenters. The number of nitrogens with zero attached hydrogens (tertiary/aromatic N) is 2. The third-order valence-corrected chi connectivity index (χ3v) is 6.23. The molecule has 156 valence electrons. The van der Waals surface area contributed by atoms with Gasteiger partial charge in [-0.05, 0) is 54.4 Å². The first-order valence-corrected chi connectivity index (χ1v) is 10.2. The maximum Gasteiger partial charge on any atom is 0.266 e. The summed E-state index contributed by atoms with van der Waals surface area (Å²) in [7, 11) is 0. The molecule has 31 heavy (non-hydrogen) atoms. The zero-order valence-corrected chi connectivity index (χ0v) is 17.3. The molecule has 2 fully saturated rings. The molecule has 0 N–H and O–H groups in total. The van der Waals surface area contributed by atoms with Crippen LogP contribution in [-0.2, 0) is 14.4 Å². The molecule has 3 aromatic rings. The Morgan fingerprint density at radius 1 is 0.903 bits per heavy atom. The average molecular weight is 437 g/mol. The fourth-order valence-electron chi connectivity index (χ4n) is 4.29. The Bertz CT molecular complexity index is 1170. The highest BCUT2D eigenvalue weighted by Crippen LogP contribution is 2.48. The van der Waals surface area contributed by atoms with Gasteiger partial charge in [-0.2, -0.15) is 0 Å². The number of carbonyl (C=O) groups excluding carboxylic acids is 2. The van der Waals surface area contributed by atoms with Gasteiger partial charge in [-0.3, -0.25) is 14.4 Å². The van der Waals surface area contributed by atoms with Gasteiger partial charge in [0.05, 0.1) is 17.4 Å². The lowest BCUT2D eigenvalue weighted by Gasteiger charge is -2.29. The number of carbonyl (C=O) groups is 2. The van der Waals surface area contributed by atoms with E-state index in [9.17, 15) is 14.0 Å². The van der Waals surface area contributed by atoms with E-state index < -0.39 is 24.0 Å². The first-order chi connectivity index (χ1) is 15.0. The van der Waals surface area contributed by atoms with Crippen LogP contribution in [0.4, 0.5) is 15.8 Å². The number of halogens is 2. The van der Waals surface area contributed by atoms with Gasteiger partial charge in [-0.1, -0.05) is 48.0 Å². The second kappa shape index (κ2) is 7.48. The Morgan fingerprint density at radius 2 is 1.61 bits per heavy atom. The quantitative estimate of drug-likeness (QED) is 0.551. The average Bonchev–Trinajstić information content (AvgIpc) is 3.28. The molecule has 2 heterocycles. The molecule has 3 aromatic carbocycles. The fourth-order valence-corrected chi connectivity index (χ4v) is 4.46. The summed E-state index contributed by atoms with van der Waals surface area (Å²) >= 11 is 6.23. The van der Waals surface area contributed by atoms with Crippen molar-refractivity contribution in [2.45, 2.75) is 19.1 Å². The van der Waals surface area contributed by atoms with Crippen LogP contribution >= 0.6 is 11.6 Å². The van der Waals surface area contributed by atoms with Crippen LogP contribution in [0.15, 0.2) is 72.8 Å². The van der Waals surface area contributed by atoms with Crippen LogP contribution in [0.5, 0.6) is 0 Å². The van der Waals surface area contributed by atoms with Gasteiger partial charge in [0.1, 0.15) is 11.7 Å². The van der Waals surface area contributed by atoms with Crippen LogP contribution in [0.25, 0.3) is 0 Å². The number of amides is 2. The largest absolute Gasteiger partial charge is 0.273 e. The lowest BCUT2D eigenvalue weighted by Crippen LogP contribution is -2.37. The first kappa shape index (κ1) is 19.7. The first-order valence-electron chi connectivity index (χ1n) is 9.87. The minimum Gasteiger partial charge on any atom is -0.273 e. The minimum atomic E-state index is -0.985. The summed E-state index contributed by atoms with van der Waals surface area (Å²) in [5.41, 5.74) is 2.48. The number of para-hydroxylation sites is 1. The monoisotopic (exact) mass is 436 g/mol. The summed E-state index contributed by atoms with van der Waals surface area (Å²) in [5.74, 6) is -1.97. The number of anilines is 2. The fraction of sp³-hybridized carbons (Fsp3) is 0.167. The molecule has 0 saturated carbocycles. The summed E-state index contributed by atoms with van der Waals surface area (Å²) in [5, 5.41) is 2.05. The SMILES string of the molecule is Cc1c(Cl)cccc1N1C(=O)[C@H]2[C@@H](ON(c3ccccc3)[C@H]2c2ccc(F)cc2)C1=O. The van der Waals surface area contributed by atoms with Gasteiger partial charge in [0.2, 0.25) is 5.91 Å². The highest BCUT2D eigenvalue weighted by atomic mass is 35.5. The standard InChI is InChI=1S/C24H18ClFN2O3/c1-14-18(25)8-5-9-19(14)27-23(29)20-21(15-10-12-16(26)13-11-15)28(31-22(20)24(27)30)17-6-3-2-4-7-17/h2-13,20-22H,1H3/t20-,21+,22-/m1/s1. The zero-order valence-electron chi connectivity index (χ0n) is 16.5. The number of hydrogen-bond donors (Lipinski definition) is 0. The molecule has 5 nitrogen and oxygen atoms in total. The van der Waals surface area contributed by atoms with E-state index in [1.165, 1.54) is 12.1 Å². The van der Waals surface area contributed by atoms with E-state index in [0.717, 1.165) is 4.90 Å². The maximum absolute atomic E-state index is 13.6. The molecule has 5 rings (SSSR count). The van der Waals surface area contributed by atoms with E-state index in [4.69, 9.17) is 16.4 Å². The highest BCUT2D eigenvalue weighted by molar-refractivity contribution is 6.32. The lowest BCUT2D eigenvalue weighted by molar-refractivity contribution is -0.126. The van der Waals surface area contributed by atoms with Crippen molar-refractivity contribution < 1.29 is 18.8 Å². The third kappa shape index (κ3) is 3.10. The molecule has 7 heteroatoms. The van der Waals surface area contributed by atoms with E-state index in [1.807, 2.05) is 30.3 Å². The Hall–Kier alpha value is -3.22. The smallest absolute Gasteiger partial charge is 0.266 e. The Balaban J connectivity index is 1.60. The van der Waals surface area contributed by atoms with Gasteiger partial charge in [0.15, 0.2) is 6.10 Å². The molecule has 0 bridgehead atoms. The molecule has 0 aliphatic carbocycles. The van der Waals surface area contributed by atoms with E-state index in [1.54, 1.807) is 42.3 Å². The summed E-state index contributed by atoms with van der Waals surface area (Å²) in [6.45, 7) is 1.76. The summed E-state index contributed by atoms with van der Waals surface area (Å²) < 4.78 is 13.6. The van der Waals surface area contributed by atoms with Gasteiger partial charge in [-0.25, -0.2) is 14.4 Å². The second-order valence-electron chi connectivity index (χ2n) is 7.61. The second-order valence-corrected chi connectivity index (χ2v) is 8.01. The molecule has 0 radical (unpaired) electrons. The van der Waals surface area contributed by atoms with E-state index >= 15 is 0 Å². The Morgan fingerprint density at radius 3 is 2.32 bits per heavy atom. The van der Waals surface area contributed by atoms with Crippen molar-refractivity contribution in [3.63, 3.8) is 0 Å². The van der Waals surface area contributed by atoms with Crippen molar-refractivity contribution in [2.75, 3.05) is 9.96 Å². The van der Waals surface area contributed by atoms with Crippen molar-refractivity contribution in [3.05, 3.63) is 94.8 Å². The van der Waals surface area contributed by atoms with E-state index in [0.29, 0.717) is 27.5 Å². The molecule has 2 aliphatic rings. The number of hydroxylamine groups is 1. The van der Waals surface area contributed by atoms with Gasteiger partial charge < -0.3 is 0 Å². The van der Waals surface area contributed by atoms with E-state index in [-0.39, 0.29) is 11.7 Å². The Kier molecular flexibility index (Phi) is 4.76. The molecular formula is C24H18ClFN2O3. The predicted octanol–water partition coefficient (Wildman–Crippen LogP) is 4.84. The van der Waals surface area contributed by atoms with Crippen LogP contribution in [-0.4, -0.2) is 17.9 Å². The topological polar surface area (TPSA) is 49.9 Å². The van der Waals surface area contributed by atoms with Gasteiger partial charge in [-0.15, -0.1) is 0 Å². The minimum absolute atomic E-state index is 0.367. The molecule has 2 saturated heterocycles. The lowest BCUT2D eigenvalue weighted by atomic mass is 9.90.